The van der Waals surface area contributed by atoms with Gasteiger partial charge in [0.2, 0.25) is 5.82 Å². The van der Waals surface area contributed by atoms with Crippen molar-refractivity contribution in [3.8, 4) is 0 Å². The molecule has 0 bridgehead atoms. The summed E-state index contributed by atoms with van der Waals surface area (Å²) in [5.41, 5.74) is 1.12. The fraction of sp³-hybridized carbons (Fsp3) is 0.250. The molecule has 2 N–H and O–H groups in total. The van der Waals surface area contributed by atoms with Crippen LogP contribution in [0.1, 0.15) is 23.1 Å². The highest BCUT2D eigenvalue weighted by Crippen LogP contribution is 2.11. The molecule has 5 nitrogen and oxygen atoms in total. The normalized spacial score (nSPS) is 12.1. The van der Waals surface area contributed by atoms with Crippen LogP contribution >= 0.6 is 11.6 Å². The van der Waals surface area contributed by atoms with E-state index in [0.29, 0.717) is 5.02 Å². The first-order chi connectivity index (χ1) is 8.65. The zero-order chi connectivity index (χ0) is 13.0. The minimum absolute atomic E-state index is 0.00350. The lowest BCUT2D eigenvalue weighted by Crippen LogP contribution is -2.34. The van der Waals surface area contributed by atoms with Crippen molar-refractivity contribution < 1.29 is 4.79 Å². The van der Waals surface area contributed by atoms with Gasteiger partial charge in [-0.05, 0) is 31.0 Å². The van der Waals surface area contributed by atoms with Gasteiger partial charge in [-0.2, -0.15) is 5.10 Å². The second kappa shape index (κ2) is 5.64. The lowest BCUT2D eigenvalue weighted by atomic mass is 10.1. The number of carbonyl (C=O) groups is 1. The molecule has 1 atom stereocenters. The Kier molecular flexibility index (Phi) is 3.94. The molecular weight excluding hydrogens is 252 g/mol. The predicted octanol–water partition coefficient (Wildman–Crippen LogP) is 1.82. The highest BCUT2D eigenvalue weighted by Gasteiger charge is 2.12. The van der Waals surface area contributed by atoms with E-state index in [4.69, 9.17) is 11.6 Å². The Morgan fingerprint density at radius 2 is 2.17 bits per heavy atom. The summed E-state index contributed by atoms with van der Waals surface area (Å²) >= 11 is 5.81. The van der Waals surface area contributed by atoms with Crippen LogP contribution in [0, 0.1) is 0 Å². The monoisotopic (exact) mass is 264 g/mol. The Labute approximate surface area is 110 Å². The Morgan fingerprint density at radius 1 is 1.44 bits per heavy atom. The van der Waals surface area contributed by atoms with Gasteiger partial charge in [-0.25, -0.2) is 4.98 Å². The molecule has 94 valence electrons. The fourth-order valence-corrected chi connectivity index (χ4v) is 1.76. The van der Waals surface area contributed by atoms with E-state index in [2.05, 4.69) is 20.5 Å². The third-order valence-electron chi connectivity index (χ3n) is 2.46. The third kappa shape index (κ3) is 3.30. The van der Waals surface area contributed by atoms with Gasteiger partial charge in [0.05, 0.1) is 0 Å². The van der Waals surface area contributed by atoms with Crippen LogP contribution in [0.5, 0.6) is 0 Å². The summed E-state index contributed by atoms with van der Waals surface area (Å²) in [5.74, 6) is -0.0353. The van der Waals surface area contributed by atoms with Crippen LogP contribution in [0.25, 0.3) is 0 Å². The van der Waals surface area contributed by atoms with Crippen molar-refractivity contribution in [2.75, 3.05) is 0 Å². The zero-order valence-corrected chi connectivity index (χ0v) is 10.6. The van der Waals surface area contributed by atoms with Crippen LogP contribution < -0.4 is 5.32 Å². The number of amides is 1. The van der Waals surface area contributed by atoms with E-state index in [0.717, 1.165) is 12.0 Å². The van der Waals surface area contributed by atoms with Crippen LogP contribution in [-0.4, -0.2) is 27.1 Å². The minimum atomic E-state index is -0.256. The number of rotatable bonds is 4. The van der Waals surface area contributed by atoms with Gasteiger partial charge in [-0.1, -0.05) is 23.7 Å². The van der Waals surface area contributed by atoms with Crippen LogP contribution in [0.4, 0.5) is 0 Å². The number of aromatic nitrogens is 3. The fourth-order valence-electron chi connectivity index (χ4n) is 1.63. The van der Waals surface area contributed by atoms with Crippen molar-refractivity contribution >= 4 is 17.5 Å². The molecule has 6 heteroatoms. The number of H-pyrrole nitrogens is 1. The molecule has 0 saturated heterocycles. The number of nitrogens with zero attached hydrogens (tertiary/aromatic N) is 2. The van der Waals surface area contributed by atoms with Gasteiger partial charge in [-0.15, -0.1) is 0 Å². The van der Waals surface area contributed by atoms with E-state index in [9.17, 15) is 4.79 Å². The first-order valence-electron chi connectivity index (χ1n) is 5.56. The topological polar surface area (TPSA) is 70.7 Å². The van der Waals surface area contributed by atoms with E-state index in [1.165, 1.54) is 6.33 Å². The van der Waals surface area contributed by atoms with E-state index >= 15 is 0 Å². The van der Waals surface area contributed by atoms with Crippen LogP contribution in [-0.2, 0) is 6.42 Å². The van der Waals surface area contributed by atoms with Gasteiger partial charge < -0.3 is 5.32 Å². The second-order valence-electron chi connectivity index (χ2n) is 4.04. The lowest BCUT2D eigenvalue weighted by molar-refractivity contribution is 0.0930. The van der Waals surface area contributed by atoms with E-state index in [1.807, 2.05) is 31.2 Å². The lowest BCUT2D eigenvalue weighted by Gasteiger charge is -2.12. The summed E-state index contributed by atoms with van der Waals surface area (Å²) < 4.78 is 0. The summed E-state index contributed by atoms with van der Waals surface area (Å²) in [4.78, 5) is 15.5. The maximum absolute atomic E-state index is 11.7. The molecule has 0 saturated carbocycles. The van der Waals surface area contributed by atoms with Crippen molar-refractivity contribution in [3.05, 3.63) is 47.0 Å². The predicted molar refractivity (Wildman–Crippen MR) is 68.5 cm³/mol. The second-order valence-corrected chi connectivity index (χ2v) is 4.48. The van der Waals surface area contributed by atoms with Crippen LogP contribution in [0.15, 0.2) is 30.6 Å². The zero-order valence-electron chi connectivity index (χ0n) is 9.85. The molecule has 0 aliphatic carbocycles. The highest BCUT2D eigenvalue weighted by molar-refractivity contribution is 6.30. The molecule has 0 fully saturated rings. The quantitative estimate of drug-likeness (QED) is 0.885. The average Bonchev–Trinajstić information content (AvgIpc) is 2.85. The molecule has 0 aliphatic rings. The Hall–Kier alpha value is -1.88. The number of nitrogens with one attached hydrogen (secondary N) is 2. The molecule has 18 heavy (non-hydrogen) atoms. The van der Waals surface area contributed by atoms with E-state index < -0.39 is 0 Å². The van der Waals surface area contributed by atoms with Gasteiger partial charge in [0.15, 0.2) is 0 Å². The van der Waals surface area contributed by atoms with Gasteiger partial charge in [-0.3, -0.25) is 9.89 Å². The smallest absolute Gasteiger partial charge is 0.288 e. The number of benzene rings is 1. The molecular formula is C12H13ClN4O. The highest BCUT2D eigenvalue weighted by atomic mass is 35.5. The molecule has 0 radical (unpaired) electrons. The Balaban J connectivity index is 1.90. The van der Waals surface area contributed by atoms with Crippen molar-refractivity contribution in [1.29, 1.82) is 0 Å². The van der Waals surface area contributed by atoms with Crippen LogP contribution in [0.2, 0.25) is 5.02 Å². The molecule has 2 aromatic rings. The van der Waals surface area contributed by atoms with Gasteiger partial charge in [0.25, 0.3) is 5.91 Å². The first kappa shape index (κ1) is 12.6. The van der Waals surface area contributed by atoms with Crippen molar-refractivity contribution in [2.45, 2.75) is 19.4 Å². The summed E-state index contributed by atoms with van der Waals surface area (Å²) in [5, 5.41) is 9.70. The molecule has 1 amide bonds. The summed E-state index contributed by atoms with van der Waals surface area (Å²) in [6.45, 7) is 1.93. The number of aromatic amines is 1. The number of hydrogen-bond acceptors (Lipinski definition) is 3. The SMILES string of the molecule is CC(Cc1ccc(Cl)cc1)NC(=O)c1ncn[nH]1. The third-order valence-corrected chi connectivity index (χ3v) is 2.71. The maximum atomic E-state index is 11.7. The van der Waals surface area contributed by atoms with Crippen molar-refractivity contribution in [2.24, 2.45) is 0 Å². The van der Waals surface area contributed by atoms with Gasteiger partial charge in [0.1, 0.15) is 6.33 Å². The molecule has 1 heterocycles. The largest absolute Gasteiger partial charge is 0.347 e. The number of carbonyl (C=O) groups excluding carboxylic acids is 1. The van der Waals surface area contributed by atoms with Crippen molar-refractivity contribution in [1.82, 2.24) is 20.5 Å². The molecule has 0 spiro atoms. The minimum Gasteiger partial charge on any atom is -0.347 e. The molecule has 0 aliphatic heterocycles. The standard InChI is InChI=1S/C12H13ClN4O/c1-8(6-9-2-4-10(13)5-3-9)16-12(18)11-14-7-15-17-11/h2-5,7-8H,6H2,1H3,(H,16,18)(H,14,15,17). The Morgan fingerprint density at radius 3 is 2.78 bits per heavy atom. The Bertz CT molecular complexity index is 509. The summed E-state index contributed by atoms with van der Waals surface area (Å²) in [6.07, 6.45) is 2.04. The first-order valence-corrected chi connectivity index (χ1v) is 5.93. The molecule has 1 aromatic carbocycles. The maximum Gasteiger partial charge on any atom is 0.288 e. The van der Waals surface area contributed by atoms with E-state index in [-0.39, 0.29) is 17.8 Å². The van der Waals surface area contributed by atoms with Crippen molar-refractivity contribution in [3.63, 3.8) is 0 Å². The number of hydrogen-bond donors (Lipinski definition) is 2. The van der Waals surface area contributed by atoms with Gasteiger partial charge in [0, 0.05) is 11.1 Å². The number of halogens is 1. The molecule has 1 unspecified atom stereocenters. The molecule has 2 rings (SSSR count). The van der Waals surface area contributed by atoms with E-state index in [1.54, 1.807) is 0 Å². The van der Waals surface area contributed by atoms with Crippen LogP contribution in [0.3, 0.4) is 0 Å². The summed E-state index contributed by atoms with van der Waals surface area (Å²) in [7, 11) is 0. The van der Waals surface area contributed by atoms with Gasteiger partial charge >= 0.3 is 0 Å². The summed E-state index contributed by atoms with van der Waals surface area (Å²) in [6, 6.07) is 7.56. The average molecular weight is 265 g/mol. The molecule has 1 aromatic heterocycles.